The molecule has 0 radical (unpaired) electrons. The van der Waals surface area contributed by atoms with Crippen LogP contribution >= 0.6 is 0 Å². The first-order valence-electron chi connectivity index (χ1n) is 6.10. The van der Waals surface area contributed by atoms with Gasteiger partial charge in [-0.15, -0.1) is 0 Å². The van der Waals surface area contributed by atoms with Crippen LogP contribution in [0.15, 0.2) is 30.5 Å². The molecule has 0 aliphatic heterocycles. The molecule has 2 rings (SSSR count). The van der Waals surface area contributed by atoms with Crippen molar-refractivity contribution in [1.29, 1.82) is 0 Å². The molecule has 0 saturated heterocycles. The zero-order valence-corrected chi connectivity index (χ0v) is 11.4. The number of benzene rings is 1. The number of pyridine rings is 1. The van der Waals surface area contributed by atoms with Crippen molar-refractivity contribution in [2.45, 2.75) is 13.3 Å². The maximum absolute atomic E-state index is 12.9. The van der Waals surface area contributed by atoms with E-state index in [1.54, 1.807) is 6.92 Å². The number of methoxy groups -OCH3 is 1. The van der Waals surface area contributed by atoms with Crippen LogP contribution in [0.5, 0.6) is 5.75 Å². The van der Waals surface area contributed by atoms with Crippen LogP contribution in [0.4, 0.5) is 8.78 Å². The Morgan fingerprint density at radius 2 is 2.00 bits per heavy atom. The van der Waals surface area contributed by atoms with Gasteiger partial charge < -0.3 is 9.84 Å². The summed E-state index contributed by atoms with van der Waals surface area (Å²) in [6, 6.07) is 5.43. The van der Waals surface area contributed by atoms with Crippen molar-refractivity contribution in [2.24, 2.45) is 0 Å². The van der Waals surface area contributed by atoms with E-state index in [4.69, 9.17) is 4.74 Å². The average molecular weight is 293 g/mol. The Morgan fingerprint density at radius 3 is 2.57 bits per heavy atom. The van der Waals surface area contributed by atoms with E-state index in [-0.39, 0.29) is 11.1 Å². The molecule has 4 nitrogen and oxygen atoms in total. The fourth-order valence-corrected chi connectivity index (χ4v) is 2.02. The topological polar surface area (TPSA) is 59.4 Å². The monoisotopic (exact) mass is 293 g/mol. The molecular weight excluding hydrogens is 280 g/mol. The molecule has 0 aliphatic carbocycles. The molecule has 1 aromatic heterocycles. The second kappa shape index (κ2) is 5.87. The highest BCUT2D eigenvalue weighted by atomic mass is 19.3. The van der Waals surface area contributed by atoms with E-state index in [1.165, 1.54) is 37.6 Å². The molecule has 0 spiro atoms. The largest absolute Gasteiger partial charge is 0.496 e. The van der Waals surface area contributed by atoms with Crippen molar-refractivity contribution in [3.63, 3.8) is 0 Å². The molecule has 0 bridgehead atoms. The number of aromatic nitrogens is 1. The predicted molar refractivity (Wildman–Crippen MR) is 72.9 cm³/mol. The van der Waals surface area contributed by atoms with Crippen molar-refractivity contribution >= 4 is 5.97 Å². The molecule has 110 valence electrons. The highest BCUT2D eigenvalue weighted by Gasteiger charge is 2.18. The van der Waals surface area contributed by atoms with Gasteiger partial charge in [0.15, 0.2) is 0 Å². The number of ether oxygens (including phenoxy) is 1. The first-order chi connectivity index (χ1) is 9.93. The van der Waals surface area contributed by atoms with E-state index in [0.29, 0.717) is 22.6 Å². The summed E-state index contributed by atoms with van der Waals surface area (Å²) in [4.78, 5) is 15.2. The lowest BCUT2D eigenvalue weighted by atomic mass is 9.98. The summed E-state index contributed by atoms with van der Waals surface area (Å²) in [7, 11) is 1.40. The maximum Gasteiger partial charge on any atom is 0.337 e. The zero-order valence-electron chi connectivity index (χ0n) is 11.4. The quantitative estimate of drug-likeness (QED) is 0.933. The number of carboxylic acid groups (broad SMARTS) is 1. The molecule has 0 atom stereocenters. The standard InChI is InChI=1S/C15H13F2NO3/c1-8-5-10(12(7-18-8)15(19)20)11-6-9(14(16)17)3-4-13(11)21-2/h3-7,14H,1-2H3,(H,19,20). The van der Waals surface area contributed by atoms with Crippen molar-refractivity contribution in [3.8, 4) is 16.9 Å². The van der Waals surface area contributed by atoms with Gasteiger partial charge in [-0.05, 0) is 31.2 Å². The van der Waals surface area contributed by atoms with Gasteiger partial charge in [0.25, 0.3) is 6.43 Å². The molecule has 1 N–H and O–H groups in total. The lowest BCUT2D eigenvalue weighted by Crippen LogP contribution is -2.03. The van der Waals surface area contributed by atoms with Crippen molar-refractivity contribution in [3.05, 3.63) is 47.3 Å². The van der Waals surface area contributed by atoms with E-state index in [9.17, 15) is 18.7 Å². The van der Waals surface area contributed by atoms with Gasteiger partial charge in [-0.3, -0.25) is 4.98 Å². The minimum Gasteiger partial charge on any atom is -0.496 e. The van der Waals surface area contributed by atoms with Crippen LogP contribution in [0.25, 0.3) is 11.1 Å². The summed E-state index contributed by atoms with van der Waals surface area (Å²) in [5.41, 5.74) is 0.925. The Balaban J connectivity index is 2.73. The van der Waals surface area contributed by atoms with Crippen LogP contribution in [0, 0.1) is 6.92 Å². The average Bonchev–Trinajstić information content (AvgIpc) is 2.46. The Kier molecular flexibility index (Phi) is 4.16. The van der Waals surface area contributed by atoms with Gasteiger partial charge in [0.05, 0.1) is 12.7 Å². The normalized spacial score (nSPS) is 10.7. The van der Waals surface area contributed by atoms with Crippen molar-refractivity contribution in [1.82, 2.24) is 4.98 Å². The molecule has 1 aromatic carbocycles. The molecule has 0 saturated carbocycles. The first kappa shape index (κ1) is 14.9. The third-order valence-electron chi connectivity index (χ3n) is 3.04. The van der Waals surface area contributed by atoms with Crippen LogP contribution in [-0.4, -0.2) is 23.2 Å². The van der Waals surface area contributed by atoms with E-state index < -0.39 is 12.4 Å². The molecule has 2 aromatic rings. The number of aryl methyl sites for hydroxylation is 1. The molecule has 21 heavy (non-hydrogen) atoms. The summed E-state index contributed by atoms with van der Waals surface area (Å²) < 4.78 is 30.9. The smallest absolute Gasteiger partial charge is 0.337 e. The fraction of sp³-hybridized carbons (Fsp3) is 0.200. The van der Waals surface area contributed by atoms with Gasteiger partial charge in [-0.25, -0.2) is 13.6 Å². The van der Waals surface area contributed by atoms with Gasteiger partial charge in [0, 0.05) is 28.6 Å². The predicted octanol–water partition coefficient (Wildman–Crippen LogP) is 3.70. The van der Waals surface area contributed by atoms with Crippen LogP contribution in [0.3, 0.4) is 0 Å². The van der Waals surface area contributed by atoms with Gasteiger partial charge in [-0.2, -0.15) is 0 Å². The third kappa shape index (κ3) is 2.99. The number of hydrogen-bond donors (Lipinski definition) is 1. The first-order valence-corrected chi connectivity index (χ1v) is 6.10. The van der Waals surface area contributed by atoms with Gasteiger partial charge in [-0.1, -0.05) is 0 Å². The summed E-state index contributed by atoms with van der Waals surface area (Å²) >= 11 is 0. The van der Waals surface area contributed by atoms with E-state index >= 15 is 0 Å². The maximum atomic E-state index is 12.9. The number of carbonyl (C=O) groups is 1. The number of hydrogen-bond acceptors (Lipinski definition) is 3. The Labute approximate surface area is 120 Å². The molecule has 0 unspecified atom stereocenters. The molecule has 1 heterocycles. The number of alkyl halides is 2. The fourth-order valence-electron chi connectivity index (χ4n) is 2.02. The summed E-state index contributed by atoms with van der Waals surface area (Å²) in [5, 5.41) is 9.23. The van der Waals surface area contributed by atoms with Crippen LogP contribution in [0.2, 0.25) is 0 Å². The number of carboxylic acids is 1. The zero-order chi connectivity index (χ0) is 15.6. The van der Waals surface area contributed by atoms with Crippen molar-refractivity contribution in [2.75, 3.05) is 7.11 Å². The summed E-state index contributed by atoms with van der Waals surface area (Å²) in [6.45, 7) is 1.69. The van der Waals surface area contributed by atoms with Crippen molar-refractivity contribution < 1.29 is 23.4 Å². The van der Waals surface area contributed by atoms with Gasteiger partial charge in [0.1, 0.15) is 5.75 Å². The number of nitrogens with zero attached hydrogens (tertiary/aromatic N) is 1. The molecule has 6 heteroatoms. The lowest BCUT2D eigenvalue weighted by molar-refractivity contribution is 0.0697. The summed E-state index contributed by atoms with van der Waals surface area (Å²) in [6.07, 6.45) is -1.44. The van der Waals surface area contributed by atoms with Crippen LogP contribution in [-0.2, 0) is 0 Å². The van der Waals surface area contributed by atoms with E-state index in [0.717, 1.165) is 0 Å². The molecule has 0 fully saturated rings. The highest BCUT2D eigenvalue weighted by Crippen LogP contribution is 2.35. The van der Waals surface area contributed by atoms with E-state index in [2.05, 4.69) is 4.98 Å². The number of aromatic carboxylic acids is 1. The second-order valence-corrected chi connectivity index (χ2v) is 4.44. The second-order valence-electron chi connectivity index (χ2n) is 4.44. The number of rotatable bonds is 4. The Morgan fingerprint density at radius 1 is 1.29 bits per heavy atom. The minimum absolute atomic E-state index is 0.0645. The highest BCUT2D eigenvalue weighted by molar-refractivity contribution is 5.96. The van der Waals surface area contributed by atoms with Crippen LogP contribution < -0.4 is 4.74 Å². The Hall–Kier alpha value is -2.50. The van der Waals surface area contributed by atoms with Gasteiger partial charge >= 0.3 is 5.97 Å². The molecule has 0 aliphatic rings. The SMILES string of the molecule is COc1ccc(C(F)F)cc1-c1cc(C)ncc1C(=O)O. The van der Waals surface area contributed by atoms with Crippen LogP contribution in [0.1, 0.15) is 28.0 Å². The van der Waals surface area contributed by atoms with E-state index in [1.807, 2.05) is 0 Å². The molecular formula is C15H13F2NO3. The lowest BCUT2D eigenvalue weighted by Gasteiger charge is -2.13. The molecule has 0 amide bonds. The minimum atomic E-state index is -2.65. The summed E-state index contributed by atoms with van der Waals surface area (Å²) in [5.74, 6) is -0.852. The third-order valence-corrected chi connectivity index (χ3v) is 3.04. The number of halogens is 2. The Bertz CT molecular complexity index is 687. The van der Waals surface area contributed by atoms with Gasteiger partial charge in [0.2, 0.25) is 0 Å².